The van der Waals surface area contributed by atoms with Crippen LogP contribution in [-0.4, -0.2) is 50.1 Å². The van der Waals surface area contributed by atoms with Crippen molar-refractivity contribution in [1.29, 1.82) is 0 Å². The molecule has 118 valence electrons. The van der Waals surface area contributed by atoms with Gasteiger partial charge in [0.1, 0.15) is 11.5 Å². The largest absolute Gasteiger partial charge is 0.495 e. The third-order valence-electron chi connectivity index (χ3n) is 3.94. The van der Waals surface area contributed by atoms with Crippen molar-refractivity contribution in [3.05, 3.63) is 16.6 Å². The van der Waals surface area contributed by atoms with Crippen LogP contribution in [0.2, 0.25) is 0 Å². The number of rotatable bonds is 4. The van der Waals surface area contributed by atoms with Crippen LogP contribution < -0.4 is 14.4 Å². The van der Waals surface area contributed by atoms with E-state index in [0.29, 0.717) is 36.7 Å². The Morgan fingerprint density at radius 2 is 2.09 bits per heavy atom. The number of methoxy groups -OCH3 is 1. The number of hydrogen-bond donors (Lipinski definition) is 0. The van der Waals surface area contributed by atoms with Gasteiger partial charge in [0.2, 0.25) is 5.91 Å². The van der Waals surface area contributed by atoms with E-state index in [2.05, 4.69) is 15.9 Å². The number of hydrogen-bond acceptors (Lipinski definition) is 4. The zero-order chi connectivity index (χ0) is 15.7. The van der Waals surface area contributed by atoms with E-state index in [1.807, 2.05) is 0 Å². The molecule has 0 atom stereocenters. The fraction of sp³-hybridized carbons (Fsp3) is 0.467. The molecule has 2 aliphatic rings. The summed E-state index contributed by atoms with van der Waals surface area (Å²) in [5, 5.41) is 0. The molecule has 3 rings (SSSR count). The smallest absolute Gasteiger partial charge is 0.265 e. The highest BCUT2D eigenvalue weighted by Gasteiger charge is 2.28. The molecule has 2 aliphatic heterocycles. The minimum Gasteiger partial charge on any atom is -0.495 e. The van der Waals surface area contributed by atoms with Crippen molar-refractivity contribution >= 4 is 33.4 Å². The van der Waals surface area contributed by atoms with Gasteiger partial charge in [0.15, 0.2) is 6.61 Å². The molecule has 2 amide bonds. The Balaban J connectivity index is 1.82. The molecule has 7 heteroatoms. The second-order valence-electron chi connectivity index (χ2n) is 5.27. The Labute approximate surface area is 137 Å². The summed E-state index contributed by atoms with van der Waals surface area (Å²) >= 11 is 3.41. The quantitative estimate of drug-likeness (QED) is 0.812. The highest BCUT2D eigenvalue weighted by molar-refractivity contribution is 9.10. The average Bonchev–Trinajstić information content (AvgIpc) is 2.91. The molecule has 22 heavy (non-hydrogen) atoms. The van der Waals surface area contributed by atoms with Crippen molar-refractivity contribution in [2.75, 3.05) is 38.3 Å². The summed E-state index contributed by atoms with van der Waals surface area (Å²) in [5.74, 6) is 1.33. The Morgan fingerprint density at radius 1 is 1.27 bits per heavy atom. The Hall–Kier alpha value is -1.76. The van der Waals surface area contributed by atoms with Crippen LogP contribution in [0.15, 0.2) is 16.6 Å². The number of carbonyl (C=O) groups excluding carboxylic acids is 2. The first-order chi connectivity index (χ1) is 10.6. The average molecular weight is 369 g/mol. The fourth-order valence-corrected chi connectivity index (χ4v) is 3.25. The molecular formula is C15H17BrN2O4. The van der Waals surface area contributed by atoms with Gasteiger partial charge in [-0.05, 0) is 22.4 Å². The predicted octanol–water partition coefficient (Wildman–Crippen LogP) is 1.81. The Bertz CT molecular complexity index is 620. The number of nitrogens with zero attached hydrogens (tertiary/aromatic N) is 2. The van der Waals surface area contributed by atoms with Gasteiger partial charge in [0, 0.05) is 38.2 Å². The summed E-state index contributed by atoms with van der Waals surface area (Å²) in [4.78, 5) is 27.3. The molecule has 0 bridgehead atoms. The monoisotopic (exact) mass is 368 g/mol. The van der Waals surface area contributed by atoms with Gasteiger partial charge < -0.3 is 19.3 Å². The van der Waals surface area contributed by atoms with E-state index in [9.17, 15) is 9.59 Å². The van der Waals surface area contributed by atoms with Crippen LogP contribution in [0.1, 0.15) is 12.8 Å². The maximum Gasteiger partial charge on any atom is 0.265 e. The zero-order valence-electron chi connectivity index (χ0n) is 12.3. The summed E-state index contributed by atoms with van der Waals surface area (Å²) < 4.78 is 11.5. The molecule has 0 saturated carbocycles. The lowest BCUT2D eigenvalue weighted by molar-refractivity contribution is -0.128. The molecule has 1 aromatic rings. The predicted molar refractivity (Wildman–Crippen MR) is 84.4 cm³/mol. The number of ether oxygens (including phenoxy) is 2. The molecule has 1 saturated heterocycles. The maximum atomic E-state index is 12.2. The minimum atomic E-state index is -0.108. The summed E-state index contributed by atoms with van der Waals surface area (Å²) in [6.45, 7) is 1.79. The van der Waals surface area contributed by atoms with Crippen LogP contribution >= 0.6 is 15.9 Å². The van der Waals surface area contributed by atoms with Gasteiger partial charge in [-0.15, -0.1) is 0 Å². The van der Waals surface area contributed by atoms with E-state index in [1.165, 1.54) is 0 Å². The molecule has 2 heterocycles. The lowest BCUT2D eigenvalue weighted by Gasteiger charge is -2.31. The standard InChI is InChI=1S/C15H17BrN2O4/c1-21-12-8-11-13(7-10(12)16)22-9-15(20)18(11)6-5-17-4-2-3-14(17)19/h7-8H,2-6,9H2,1H3. The second-order valence-corrected chi connectivity index (χ2v) is 6.13. The Kier molecular flexibility index (Phi) is 4.24. The van der Waals surface area contributed by atoms with E-state index in [-0.39, 0.29) is 18.4 Å². The molecule has 0 N–H and O–H groups in total. The van der Waals surface area contributed by atoms with Gasteiger partial charge in [0.05, 0.1) is 17.3 Å². The molecule has 0 radical (unpaired) electrons. The summed E-state index contributed by atoms with van der Waals surface area (Å²) in [6, 6.07) is 3.58. The summed E-state index contributed by atoms with van der Waals surface area (Å²) in [7, 11) is 1.57. The first kappa shape index (κ1) is 15.1. The van der Waals surface area contributed by atoms with Crippen LogP contribution in [0, 0.1) is 0 Å². The normalized spacial score (nSPS) is 17.5. The van der Waals surface area contributed by atoms with E-state index in [1.54, 1.807) is 29.0 Å². The topological polar surface area (TPSA) is 59.1 Å². The number of anilines is 1. The lowest BCUT2D eigenvalue weighted by atomic mass is 10.2. The van der Waals surface area contributed by atoms with Gasteiger partial charge in [-0.2, -0.15) is 0 Å². The number of carbonyl (C=O) groups is 2. The number of halogens is 1. The first-order valence-corrected chi connectivity index (χ1v) is 7.98. The first-order valence-electron chi connectivity index (χ1n) is 7.18. The number of likely N-dealkylation sites (tertiary alicyclic amines) is 1. The zero-order valence-corrected chi connectivity index (χ0v) is 13.9. The van der Waals surface area contributed by atoms with E-state index in [0.717, 1.165) is 17.4 Å². The molecule has 6 nitrogen and oxygen atoms in total. The summed E-state index contributed by atoms with van der Waals surface area (Å²) in [6.07, 6.45) is 1.50. The highest BCUT2D eigenvalue weighted by atomic mass is 79.9. The molecular weight excluding hydrogens is 352 g/mol. The van der Waals surface area contributed by atoms with Crippen molar-refractivity contribution in [1.82, 2.24) is 4.90 Å². The van der Waals surface area contributed by atoms with Crippen LogP contribution in [0.5, 0.6) is 11.5 Å². The molecule has 1 aromatic carbocycles. The Morgan fingerprint density at radius 3 is 2.77 bits per heavy atom. The third-order valence-corrected chi connectivity index (χ3v) is 4.56. The molecule has 0 aliphatic carbocycles. The third kappa shape index (κ3) is 2.77. The number of fused-ring (bicyclic) bond motifs is 1. The SMILES string of the molecule is COc1cc2c(cc1Br)OCC(=O)N2CCN1CCCC1=O. The summed E-state index contributed by atoms with van der Waals surface area (Å²) in [5.41, 5.74) is 0.683. The molecule has 0 unspecified atom stereocenters. The molecule has 0 spiro atoms. The van der Waals surface area contributed by atoms with E-state index < -0.39 is 0 Å². The van der Waals surface area contributed by atoms with Gasteiger partial charge in [0.25, 0.3) is 5.91 Å². The highest BCUT2D eigenvalue weighted by Crippen LogP contribution is 2.40. The number of amides is 2. The van der Waals surface area contributed by atoms with Gasteiger partial charge in [-0.3, -0.25) is 9.59 Å². The van der Waals surface area contributed by atoms with Gasteiger partial charge >= 0.3 is 0 Å². The van der Waals surface area contributed by atoms with Crippen molar-refractivity contribution in [3.8, 4) is 11.5 Å². The fourth-order valence-electron chi connectivity index (χ4n) is 2.77. The van der Waals surface area contributed by atoms with Crippen LogP contribution in [0.3, 0.4) is 0 Å². The van der Waals surface area contributed by atoms with Crippen molar-refractivity contribution in [3.63, 3.8) is 0 Å². The van der Waals surface area contributed by atoms with Gasteiger partial charge in [-0.1, -0.05) is 0 Å². The van der Waals surface area contributed by atoms with Crippen LogP contribution in [0.4, 0.5) is 5.69 Å². The van der Waals surface area contributed by atoms with Gasteiger partial charge in [-0.25, -0.2) is 0 Å². The molecule has 0 aromatic heterocycles. The lowest BCUT2D eigenvalue weighted by Crippen LogP contribution is -2.43. The van der Waals surface area contributed by atoms with Crippen molar-refractivity contribution in [2.24, 2.45) is 0 Å². The van der Waals surface area contributed by atoms with E-state index >= 15 is 0 Å². The second kappa shape index (κ2) is 6.16. The maximum absolute atomic E-state index is 12.2. The van der Waals surface area contributed by atoms with Crippen molar-refractivity contribution in [2.45, 2.75) is 12.8 Å². The molecule has 1 fully saturated rings. The minimum absolute atomic E-state index is 0.0136. The van der Waals surface area contributed by atoms with Crippen LogP contribution in [-0.2, 0) is 9.59 Å². The van der Waals surface area contributed by atoms with Crippen LogP contribution in [0.25, 0.3) is 0 Å². The number of benzene rings is 1. The van der Waals surface area contributed by atoms with Crippen molar-refractivity contribution < 1.29 is 19.1 Å². The van der Waals surface area contributed by atoms with E-state index in [4.69, 9.17) is 9.47 Å².